The van der Waals surface area contributed by atoms with E-state index < -0.39 is 20.9 Å². The monoisotopic (exact) mass is 244 g/mol. The van der Waals surface area contributed by atoms with Gasteiger partial charge in [0, 0.05) is 12.2 Å². The lowest BCUT2D eigenvalue weighted by Gasteiger charge is -2.05. The predicted octanol–water partition coefficient (Wildman–Crippen LogP) is 1.30. The van der Waals surface area contributed by atoms with Crippen molar-refractivity contribution in [3.05, 3.63) is 24.1 Å². The van der Waals surface area contributed by atoms with Gasteiger partial charge in [-0.2, -0.15) is 0 Å². The van der Waals surface area contributed by atoms with Crippen LogP contribution in [0.1, 0.15) is 19.8 Å². The van der Waals surface area contributed by atoms with E-state index in [4.69, 9.17) is 0 Å². The first-order chi connectivity index (χ1) is 7.54. The van der Waals surface area contributed by atoms with Crippen LogP contribution in [0.4, 0.5) is 4.39 Å². The Balaban J connectivity index is 2.17. The van der Waals surface area contributed by atoms with Gasteiger partial charge in [0.05, 0.1) is 0 Å². The topological polar surface area (TPSA) is 59.1 Å². The highest BCUT2D eigenvalue weighted by Crippen LogP contribution is 2.34. The maximum atomic E-state index is 13.3. The van der Waals surface area contributed by atoms with E-state index in [9.17, 15) is 12.8 Å². The fourth-order valence-corrected chi connectivity index (χ4v) is 2.99. The maximum absolute atomic E-state index is 13.3. The lowest BCUT2D eigenvalue weighted by Crippen LogP contribution is -2.28. The summed E-state index contributed by atoms with van der Waals surface area (Å²) in [6.07, 6.45) is 3.02. The molecule has 88 valence electrons. The molecule has 16 heavy (non-hydrogen) atoms. The standard InChI is InChI=1S/C10H13FN2O2S/c1-2-7-6-9(7)13-16(14,15)10-8(11)4-3-5-12-10/h3-5,7,9,13H,2,6H2,1H3. The summed E-state index contributed by atoms with van der Waals surface area (Å²) >= 11 is 0. The average molecular weight is 244 g/mol. The second-order valence-corrected chi connectivity index (χ2v) is 5.55. The number of nitrogens with one attached hydrogen (secondary N) is 1. The molecule has 6 heteroatoms. The minimum atomic E-state index is -3.81. The van der Waals surface area contributed by atoms with Crippen molar-refractivity contribution in [2.75, 3.05) is 0 Å². The molecular weight excluding hydrogens is 231 g/mol. The predicted molar refractivity (Wildman–Crippen MR) is 56.7 cm³/mol. The van der Waals surface area contributed by atoms with E-state index in [2.05, 4.69) is 9.71 Å². The Hall–Kier alpha value is -1.01. The normalized spacial score (nSPS) is 24.4. The smallest absolute Gasteiger partial charge is 0.241 e. The molecule has 0 amide bonds. The molecule has 1 aromatic rings. The molecule has 1 aliphatic rings. The minimum absolute atomic E-state index is 0.0589. The van der Waals surface area contributed by atoms with Crippen LogP contribution in [0.5, 0.6) is 0 Å². The second-order valence-electron chi connectivity index (χ2n) is 3.92. The van der Waals surface area contributed by atoms with Gasteiger partial charge in [-0.3, -0.25) is 0 Å². The van der Waals surface area contributed by atoms with Crippen molar-refractivity contribution < 1.29 is 12.8 Å². The zero-order valence-corrected chi connectivity index (χ0v) is 9.67. The third-order valence-corrected chi connectivity index (χ3v) is 4.16. The number of hydrogen-bond acceptors (Lipinski definition) is 3. The Kier molecular flexibility index (Phi) is 2.94. The molecule has 2 unspecified atom stereocenters. The van der Waals surface area contributed by atoms with Gasteiger partial charge in [-0.15, -0.1) is 0 Å². The van der Waals surface area contributed by atoms with Gasteiger partial charge in [-0.1, -0.05) is 13.3 Å². The van der Waals surface area contributed by atoms with Crippen molar-refractivity contribution in [3.8, 4) is 0 Å². The van der Waals surface area contributed by atoms with Crippen molar-refractivity contribution in [3.63, 3.8) is 0 Å². The van der Waals surface area contributed by atoms with Gasteiger partial charge in [-0.05, 0) is 24.5 Å². The molecule has 1 aliphatic carbocycles. The van der Waals surface area contributed by atoms with Crippen LogP contribution < -0.4 is 4.72 Å². The molecule has 4 nitrogen and oxygen atoms in total. The minimum Gasteiger partial charge on any atom is -0.241 e. The molecule has 1 heterocycles. The summed E-state index contributed by atoms with van der Waals surface area (Å²) in [6, 6.07) is 2.39. The third-order valence-electron chi connectivity index (χ3n) is 2.73. The maximum Gasteiger partial charge on any atom is 0.261 e. The summed E-state index contributed by atoms with van der Waals surface area (Å²) in [7, 11) is -3.81. The van der Waals surface area contributed by atoms with Crippen molar-refractivity contribution in [1.29, 1.82) is 0 Å². The highest BCUT2D eigenvalue weighted by Gasteiger charge is 2.39. The first kappa shape index (κ1) is 11.5. The van der Waals surface area contributed by atoms with E-state index in [-0.39, 0.29) is 6.04 Å². The second kappa shape index (κ2) is 4.10. The Morgan fingerprint density at radius 2 is 2.38 bits per heavy atom. The van der Waals surface area contributed by atoms with Crippen molar-refractivity contribution in [2.24, 2.45) is 5.92 Å². The molecule has 0 bridgehead atoms. The molecule has 0 aromatic carbocycles. The fourth-order valence-electron chi connectivity index (χ4n) is 1.67. The quantitative estimate of drug-likeness (QED) is 0.868. The molecule has 2 atom stereocenters. The summed E-state index contributed by atoms with van der Waals surface area (Å²) in [5, 5.41) is -0.517. The Morgan fingerprint density at radius 3 is 2.94 bits per heavy atom. The van der Waals surface area contributed by atoms with E-state index in [1.165, 1.54) is 12.3 Å². The molecule has 1 fully saturated rings. The van der Waals surface area contributed by atoms with Gasteiger partial charge in [0.15, 0.2) is 5.82 Å². The Bertz CT molecular complexity index is 489. The van der Waals surface area contributed by atoms with Crippen molar-refractivity contribution in [2.45, 2.75) is 30.8 Å². The van der Waals surface area contributed by atoms with Gasteiger partial charge < -0.3 is 0 Å². The van der Waals surface area contributed by atoms with Crippen LogP contribution in [-0.2, 0) is 10.0 Å². The number of hydrogen-bond donors (Lipinski definition) is 1. The molecule has 0 aliphatic heterocycles. The Labute approximate surface area is 93.9 Å². The summed E-state index contributed by atoms with van der Waals surface area (Å²) in [5.41, 5.74) is 0. The number of halogens is 1. The SMILES string of the molecule is CCC1CC1NS(=O)(=O)c1ncccc1F. The van der Waals surface area contributed by atoms with E-state index in [1.807, 2.05) is 6.92 Å². The van der Waals surface area contributed by atoms with Crippen LogP contribution in [-0.4, -0.2) is 19.4 Å². The number of rotatable bonds is 4. The first-order valence-corrected chi connectivity index (χ1v) is 6.65. The average Bonchev–Trinajstić information content (AvgIpc) is 2.96. The fraction of sp³-hybridized carbons (Fsp3) is 0.500. The van der Waals surface area contributed by atoms with E-state index in [1.54, 1.807) is 0 Å². The number of sulfonamides is 1. The van der Waals surface area contributed by atoms with Crippen LogP contribution in [0.15, 0.2) is 23.4 Å². The highest BCUT2D eigenvalue weighted by molar-refractivity contribution is 7.89. The lowest BCUT2D eigenvalue weighted by atomic mass is 10.3. The van der Waals surface area contributed by atoms with E-state index in [0.717, 1.165) is 18.9 Å². The van der Waals surface area contributed by atoms with Gasteiger partial charge in [0.2, 0.25) is 5.03 Å². The molecule has 0 radical (unpaired) electrons. The third kappa shape index (κ3) is 2.22. The van der Waals surface area contributed by atoms with Crippen LogP contribution in [0.3, 0.4) is 0 Å². The van der Waals surface area contributed by atoms with Crippen LogP contribution >= 0.6 is 0 Å². The molecule has 1 saturated carbocycles. The molecule has 2 rings (SSSR count). The summed E-state index contributed by atoms with van der Waals surface area (Å²) in [5.74, 6) is -0.440. The molecule has 0 spiro atoms. The van der Waals surface area contributed by atoms with Crippen LogP contribution in [0, 0.1) is 11.7 Å². The number of pyridine rings is 1. The zero-order chi connectivity index (χ0) is 11.8. The zero-order valence-electron chi connectivity index (χ0n) is 8.85. The van der Waals surface area contributed by atoms with Gasteiger partial charge in [0.25, 0.3) is 10.0 Å². The summed E-state index contributed by atoms with van der Waals surface area (Å²) in [6.45, 7) is 2.00. The molecule has 0 saturated heterocycles. The van der Waals surface area contributed by atoms with Gasteiger partial charge in [-0.25, -0.2) is 22.5 Å². The molecular formula is C10H13FN2O2S. The highest BCUT2D eigenvalue weighted by atomic mass is 32.2. The van der Waals surface area contributed by atoms with Crippen LogP contribution in [0.25, 0.3) is 0 Å². The van der Waals surface area contributed by atoms with Crippen LogP contribution in [0.2, 0.25) is 0 Å². The number of aromatic nitrogens is 1. The number of nitrogens with zero attached hydrogens (tertiary/aromatic N) is 1. The lowest BCUT2D eigenvalue weighted by molar-refractivity contribution is 0.541. The Morgan fingerprint density at radius 1 is 1.62 bits per heavy atom. The van der Waals surface area contributed by atoms with E-state index >= 15 is 0 Å². The largest absolute Gasteiger partial charge is 0.261 e. The first-order valence-electron chi connectivity index (χ1n) is 5.17. The van der Waals surface area contributed by atoms with Gasteiger partial charge >= 0.3 is 0 Å². The molecule has 1 aromatic heterocycles. The van der Waals surface area contributed by atoms with E-state index in [0.29, 0.717) is 5.92 Å². The van der Waals surface area contributed by atoms with Gasteiger partial charge in [0.1, 0.15) is 0 Å². The summed E-state index contributed by atoms with van der Waals surface area (Å²) in [4.78, 5) is 3.56. The van der Waals surface area contributed by atoms with Crippen molar-refractivity contribution >= 4 is 10.0 Å². The van der Waals surface area contributed by atoms with Crippen molar-refractivity contribution in [1.82, 2.24) is 9.71 Å². The molecule has 1 N–H and O–H groups in total. The summed E-state index contributed by atoms with van der Waals surface area (Å²) < 4.78 is 39.2.